The lowest BCUT2D eigenvalue weighted by molar-refractivity contribution is -0.136. The summed E-state index contributed by atoms with van der Waals surface area (Å²) in [6.45, 7) is 6.44. The van der Waals surface area contributed by atoms with Crippen LogP contribution in [-0.4, -0.2) is 53.3 Å². The first-order valence-electron chi connectivity index (χ1n) is 7.88. The van der Waals surface area contributed by atoms with Gasteiger partial charge in [-0.3, -0.25) is 9.59 Å². The fourth-order valence-corrected chi connectivity index (χ4v) is 3.16. The Morgan fingerprint density at radius 3 is 2.50 bits per heavy atom. The second-order valence-corrected chi connectivity index (χ2v) is 6.16. The van der Waals surface area contributed by atoms with Crippen LogP contribution in [0.4, 0.5) is 0 Å². The number of rotatable bonds is 4. The molecule has 0 aromatic carbocycles. The number of carbonyl (C=O) groups is 2. The highest BCUT2D eigenvalue weighted by Crippen LogP contribution is 2.22. The molecule has 2 N–H and O–H groups in total. The van der Waals surface area contributed by atoms with E-state index in [0.29, 0.717) is 12.5 Å². The van der Waals surface area contributed by atoms with Crippen LogP contribution in [0, 0.1) is 5.92 Å². The van der Waals surface area contributed by atoms with E-state index in [-0.39, 0.29) is 23.8 Å². The van der Waals surface area contributed by atoms with Crippen LogP contribution in [0.25, 0.3) is 0 Å². The van der Waals surface area contributed by atoms with Crippen molar-refractivity contribution in [3.63, 3.8) is 0 Å². The molecule has 20 heavy (non-hydrogen) atoms. The predicted octanol–water partition coefficient (Wildman–Crippen LogP) is 0.973. The Morgan fingerprint density at radius 2 is 2.00 bits per heavy atom. The minimum absolute atomic E-state index is 0.0746. The summed E-state index contributed by atoms with van der Waals surface area (Å²) in [4.78, 5) is 28.0. The van der Waals surface area contributed by atoms with Crippen molar-refractivity contribution < 1.29 is 9.59 Å². The van der Waals surface area contributed by atoms with Crippen LogP contribution in [0.5, 0.6) is 0 Å². The molecule has 114 valence electrons. The number of nitrogens with zero attached hydrogens (tertiary/aromatic N) is 2. The molecule has 5 nitrogen and oxygen atoms in total. The summed E-state index contributed by atoms with van der Waals surface area (Å²) in [5.74, 6) is 0.581. The zero-order chi connectivity index (χ0) is 14.7. The number of piperidine rings is 1. The molecule has 2 fully saturated rings. The average Bonchev–Trinajstić information content (AvgIpc) is 2.91. The third-order valence-corrected chi connectivity index (χ3v) is 4.87. The lowest BCUT2D eigenvalue weighted by Gasteiger charge is -2.38. The molecule has 2 atom stereocenters. The van der Waals surface area contributed by atoms with Gasteiger partial charge in [0.1, 0.15) is 0 Å². The van der Waals surface area contributed by atoms with E-state index in [9.17, 15) is 9.59 Å². The van der Waals surface area contributed by atoms with Gasteiger partial charge >= 0.3 is 0 Å². The normalized spacial score (nSPS) is 24.1. The number of hydrogen-bond acceptors (Lipinski definition) is 3. The SMILES string of the molecule is CCC(C)C(N)C(=O)N1CCC(N2CCCC2=O)CC1. The molecule has 5 heteroatoms. The van der Waals surface area contributed by atoms with Gasteiger partial charge in [-0.1, -0.05) is 20.3 Å². The van der Waals surface area contributed by atoms with Gasteiger partial charge in [0.25, 0.3) is 0 Å². The second kappa shape index (κ2) is 6.57. The topological polar surface area (TPSA) is 66.6 Å². The summed E-state index contributed by atoms with van der Waals surface area (Å²) in [5.41, 5.74) is 6.03. The minimum Gasteiger partial charge on any atom is -0.341 e. The zero-order valence-electron chi connectivity index (χ0n) is 12.7. The van der Waals surface area contributed by atoms with E-state index >= 15 is 0 Å². The first-order valence-corrected chi connectivity index (χ1v) is 7.88. The molecule has 2 amide bonds. The number of hydrogen-bond donors (Lipinski definition) is 1. The molecule has 0 saturated carbocycles. The van der Waals surface area contributed by atoms with Crippen molar-refractivity contribution in [3.05, 3.63) is 0 Å². The molecule has 2 rings (SSSR count). The van der Waals surface area contributed by atoms with Crippen LogP contribution in [-0.2, 0) is 9.59 Å². The van der Waals surface area contributed by atoms with E-state index in [1.54, 1.807) is 0 Å². The molecule has 0 spiro atoms. The molecule has 0 radical (unpaired) electrons. The summed E-state index contributed by atoms with van der Waals surface area (Å²) in [6, 6.07) is -0.0566. The Balaban J connectivity index is 1.84. The summed E-state index contributed by atoms with van der Waals surface area (Å²) in [7, 11) is 0. The Labute approximate surface area is 121 Å². The average molecular weight is 281 g/mol. The van der Waals surface area contributed by atoms with Gasteiger partial charge in [0.2, 0.25) is 11.8 Å². The van der Waals surface area contributed by atoms with Gasteiger partial charge < -0.3 is 15.5 Å². The van der Waals surface area contributed by atoms with Gasteiger partial charge in [-0.25, -0.2) is 0 Å². The highest BCUT2D eigenvalue weighted by Gasteiger charge is 2.33. The molecule has 2 heterocycles. The Morgan fingerprint density at radius 1 is 1.35 bits per heavy atom. The van der Waals surface area contributed by atoms with Crippen molar-refractivity contribution in [3.8, 4) is 0 Å². The largest absolute Gasteiger partial charge is 0.341 e. The second-order valence-electron chi connectivity index (χ2n) is 6.16. The lowest BCUT2D eigenvalue weighted by atomic mass is 9.97. The summed E-state index contributed by atoms with van der Waals surface area (Å²) in [5, 5.41) is 0. The summed E-state index contributed by atoms with van der Waals surface area (Å²) < 4.78 is 0. The number of nitrogens with two attached hydrogens (primary N) is 1. The van der Waals surface area contributed by atoms with Crippen LogP contribution in [0.3, 0.4) is 0 Å². The van der Waals surface area contributed by atoms with Crippen molar-refractivity contribution >= 4 is 11.8 Å². The first-order chi connectivity index (χ1) is 9.54. The van der Waals surface area contributed by atoms with Crippen LogP contribution in [0.1, 0.15) is 46.0 Å². The van der Waals surface area contributed by atoms with Crippen molar-refractivity contribution in [1.82, 2.24) is 9.80 Å². The monoisotopic (exact) mass is 281 g/mol. The van der Waals surface area contributed by atoms with Gasteiger partial charge in [0.15, 0.2) is 0 Å². The van der Waals surface area contributed by atoms with E-state index in [1.807, 2.05) is 16.7 Å². The van der Waals surface area contributed by atoms with Gasteiger partial charge in [-0.2, -0.15) is 0 Å². The van der Waals surface area contributed by atoms with Gasteiger partial charge in [0.05, 0.1) is 6.04 Å². The number of amides is 2. The molecule has 2 aliphatic rings. The molecule has 2 saturated heterocycles. The lowest BCUT2D eigenvalue weighted by Crippen LogP contribution is -2.52. The van der Waals surface area contributed by atoms with Crippen molar-refractivity contribution in [1.29, 1.82) is 0 Å². The van der Waals surface area contributed by atoms with E-state index < -0.39 is 0 Å². The molecule has 2 aliphatic heterocycles. The first kappa shape index (κ1) is 15.3. The van der Waals surface area contributed by atoms with Crippen LogP contribution in [0.15, 0.2) is 0 Å². The highest BCUT2D eigenvalue weighted by molar-refractivity contribution is 5.82. The van der Waals surface area contributed by atoms with Gasteiger partial charge in [-0.05, 0) is 25.2 Å². The van der Waals surface area contributed by atoms with Crippen molar-refractivity contribution in [2.75, 3.05) is 19.6 Å². The van der Waals surface area contributed by atoms with Crippen molar-refractivity contribution in [2.24, 2.45) is 11.7 Å². The fraction of sp³-hybridized carbons (Fsp3) is 0.867. The van der Waals surface area contributed by atoms with Crippen LogP contribution in [0.2, 0.25) is 0 Å². The maximum absolute atomic E-state index is 12.3. The van der Waals surface area contributed by atoms with Crippen LogP contribution >= 0.6 is 0 Å². The molecular weight excluding hydrogens is 254 g/mol. The molecule has 0 bridgehead atoms. The van der Waals surface area contributed by atoms with E-state index in [1.165, 1.54) is 0 Å². The number of likely N-dealkylation sites (tertiary alicyclic amines) is 2. The molecule has 2 unspecified atom stereocenters. The van der Waals surface area contributed by atoms with E-state index in [0.717, 1.165) is 45.3 Å². The zero-order valence-corrected chi connectivity index (χ0v) is 12.7. The van der Waals surface area contributed by atoms with Gasteiger partial charge in [0, 0.05) is 32.1 Å². The maximum Gasteiger partial charge on any atom is 0.239 e. The summed E-state index contributed by atoms with van der Waals surface area (Å²) >= 11 is 0. The fourth-order valence-electron chi connectivity index (χ4n) is 3.16. The highest BCUT2D eigenvalue weighted by atomic mass is 16.2. The molecule has 0 aliphatic carbocycles. The van der Waals surface area contributed by atoms with E-state index in [2.05, 4.69) is 6.92 Å². The third-order valence-electron chi connectivity index (χ3n) is 4.87. The minimum atomic E-state index is -0.384. The molecular formula is C15H27N3O2. The number of carbonyl (C=O) groups excluding carboxylic acids is 2. The summed E-state index contributed by atoms with van der Waals surface area (Å²) in [6.07, 6.45) is 4.38. The van der Waals surface area contributed by atoms with Gasteiger partial charge in [-0.15, -0.1) is 0 Å². The quantitative estimate of drug-likeness (QED) is 0.835. The Hall–Kier alpha value is -1.10. The Bertz CT molecular complexity index is 364. The van der Waals surface area contributed by atoms with Crippen molar-refractivity contribution in [2.45, 2.75) is 58.0 Å². The maximum atomic E-state index is 12.3. The standard InChI is InChI=1S/C15H27N3O2/c1-3-11(2)14(16)15(20)17-9-6-12(7-10-17)18-8-4-5-13(18)19/h11-12,14H,3-10,16H2,1-2H3. The van der Waals surface area contributed by atoms with Crippen LogP contribution < -0.4 is 5.73 Å². The molecule has 0 aromatic rings. The Kier molecular flexibility index (Phi) is 5.02. The smallest absolute Gasteiger partial charge is 0.239 e. The third kappa shape index (κ3) is 3.14. The predicted molar refractivity (Wildman–Crippen MR) is 78.0 cm³/mol. The van der Waals surface area contributed by atoms with E-state index in [4.69, 9.17) is 5.73 Å². The molecule has 0 aromatic heterocycles.